The van der Waals surface area contributed by atoms with Gasteiger partial charge in [0.05, 0.1) is 12.5 Å². The largest absolute Gasteiger partial charge is 0.481 e. The van der Waals surface area contributed by atoms with Gasteiger partial charge < -0.3 is 10.4 Å². The van der Waals surface area contributed by atoms with Gasteiger partial charge in [-0.05, 0) is 66.8 Å². The molecule has 0 amide bonds. The van der Waals surface area contributed by atoms with Gasteiger partial charge in [0, 0.05) is 17.7 Å². The zero-order chi connectivity index (χ0) is 28.0. The summed E-state index contributed by atoms with van der Waals surface area (Å²) >= 11 is 0. The molecule has 0 radical (unpaired) electrons. The van der Waals surface area contributed by atoms with Crippen LogP contribution in [-0.4, -0.2) is 35.9 Å². The van der Waals surface area contributed by atoms with Gasteiger partial charge in [-0.1, -0.05) is 113 Å². The first-order valence-electron chi connectivity index (χ1n) is 14.6. The summed E-state index contributed by atoms with van der Waals surface area (Å²) in [5.74, 6) is -0.0564. The van der Waals surface area contributed by atoms with Crippen molar-refractivity contribution in [2.24, 2.45) is 10.9 Å². The molecule has 2 atom stereocenters. The second kappa shape index (κ2) is 16.0. The highest BCUT2D eigenvalue weighted by molar-refractivity contribution is 5.94. The lowest BCUT2D eigenvalue weighted by atomic mass is 9.83. The van der Waals surface area contributed by atoms with Crippen LogP contribution in [0.25, 0.3) is 0 Å². The highest BCUT2D eigenvalue weighted by atomic mass is 16.4. The van der Waals surface area contributed by atoms with E-state index in [4.69, 9.17) is 10.1 Å². The summed E-state index contributed by atoms with van der Waals surface area (Å²) in [5, 5.41) is 11.8. The van der Waals surface area contributed by atoms with E-state index in [2.05, 4.69) is 104 Å². The molecule has 0 spiro atoms. The molecule has 0 saturated heterocycles. The average Bonchev–Trinajstić information content (AvgIpc) is 2.97. The van der Waals surface area contributed by atoms with E-state index in [9.17, 15) is 4.79 Å². The SMILES string of the molecule is CC(C)C(=O)O.CCC(C)c1cccc(CCCNC2CCC(C(c3ccccc3)c3ccccc3)=NC2)c1. The minimum atomic E-state index is -0.741. The van der Waals surface area contributed by atoms with Gasteiger partial charge in [-0.2, -0.15) is 0 Å². The second-order valence-electron chi connectivity index (χ2n) is 10.9. The van der Waals surface area contributed by atoms with Crippen molar-refractivity contribution in [2.75, 3.05) is 13.1 Å². The Labute approximate surface area is 235 Å². The number of carbonyl (C=O) groups is 1. The van der Waals surface area contributed by atoms with Crippen LogP contribution in [0, 0.1) is 5.92 Å². The number of aliphatic carboxylic acids is 1. The van der Waals surface area contributed by atoms with E-state index in [0.717, 1.165) is 25.9 Å². The Morgan fingerprint density at radius 1 is 0.923 bits per heavy atom. The van der Waals surface area contributed by atoms with Crippen LogP contribution in [0.5, 0.6) is 0 Å². The number of nitrogens with zero attached hydrogens (tertiary/aromatic N) is 1. The maximum Gasteiger partial charge on any atom is 0.305 e. The third kappa shape index (κ3) is 9.78. The van der Waals surface area contributed by atoms with Gasteiger partial charge in [-0.25, -0.2) is 0 Å². The van der Waals surface area contributed by atoms with Crippen molar-refractivity contribution in [1.82, 2.24) is 5.32 Å². The number of carboxylic acids is 1. The molecular formula is C35H46N2O2. The molecule has 0 bridgehead atoms. The van der Waals surface area contributed by atoms with Crippen molar-refractivity contribution in [3.05, 3.63) is 107 Å². The first kappa shape index (κ1) is 30.3. The van der Waals surface area contributed by atoms with E-state index in [-0.39, 0.29) is 11.8 Å². The molecule has 0 fully saturated rings. The molecule has 3 aromatic rings. The van der Waals surface area contributed by atoms with E-state index in [1.54, 1.807) is 13.8 Å². The molecule has 1 heterocycles. The smallest absolute Gasteiger partial charge is 0.305 e. The van der Waals surface area contributed by atoms with Gasteiger partial charge in [0.2, 0.25) is 0 Å². The first-order chi connectivity index (χ1) is 18.9. The Morgan fingerprint density at radius 2 is 1.51 bits per heavy atom. The van der Waals surface area contributed by atoms with Crippen LogP contribution in [-0.2, 0) is 11.2 Å². The third-order valence-corrected chi connectivity index (χ3v) is 7.56. The average molecular weight is 527 g/mol. The number of aryl methyl sites for hydroxylation is 1. The van der Waals surface area contributed by atoms with Gasteiger partial charge in [0.1, 0.15) is 0 Å². The molecule has 4 nitrogen and oxygen atoms in total. The molecule has 0 saturated carbocycles. The Bertz CT molecular complexity index is 1120. The molecule has 4 rings (SSSR count). The van der Waals surface area contributed by atoms with Gasteiger partial charge >= 0.3 is 5.97 Å². The molecule has 2 N–H and O–H groups in total. The number of carboxylic acid groups (broad SMARTS) is 1. The molecule has 208 valence electrons. The van der Waals surface area contributed by atoms with Crippen molar-refractivity contribution in [1.29, 1.82) is 0 Å². The molecule has 0 aromatic heterocycles. The third-order valence-electron chi connectivity index (χ3n) is 7.56. The van der Waals surface area contributed by atoms with Crippen LogP contribution in [0.3, 0.4) is 0 Å². The number of nitrogens with one attached hydrogen (secondary N) is 1. The number of benzene rings is 3. The molecule has 39 heavy (non-hydrogen) atoms. The minimum absolute atomic E-state index is 0.231. The summed E-state index contributed by atoms with van der Waals surface area (Å²) in [7, 11) is 0. The highest BCUT2D eigenvalue weighted by Crippen LogP contribution is 2.30. The first-order valence-corrected chi connectivity index (χ1v) is 14.6. The van der Waals surface area contributed by atoms with Crippen LogP contribution >= 0.6 is 0 Å². The zero-order valence-corrected chi connectivity index (χ0v) is 24.1. The van der Waals surface area contributed by atoms with E-state index >= 15 is 0 Å². The number of hydrogen-bond donors (Lipinski definition) is 2. The van der Waals surface area contributed by atoms with Crippen LogP contribution in [0.4, 0.5) is 0 Å². The fourth-order valence-corrected chi connectivity index (χ4v) is 4.88. The van der Waals surface area contributed by atoms with Gasteiger partial charge in [-0.3, -0.25) is 9.79 Å². The van der Waals surface area contributed by atoms with E-state index in [0.29, 0.717) is 12.0 Å². The summed E-state index contributed by atoms with van der Waals surface area (Å²) in [6, 6.07) is 31.3. The molecule has 3 aromatic carbocycles. The Kier molecular flexibility index (Phi) is 12.4. The quantitative estimate of drug-likeness (QED) is 0.250. The Balaban J connectivity index is 0.000000631. The molecule has 1 aliphatic heterocycles. The summed E-state index contributed by atoms with van der Waals surface area (Å²) < 4.78 is 0. The van der Waals surface area contributed by atoms with Gasteiger partial charge in [-0.15, -0.1) is 0 Å². The van der Waals surface area contributed by atoms with Crippen molar-refractivity contribution >= 4 is 11.7 Å². The number of hydrogen-bond acceptors (Lipinski definition) is 3. The molecular weight excluding hydrogens is 480 g/mol. The zero-order valence-electron chi connectivity index (χ0n) is 24.1. The molecule has 1 aliphatic rings. The van der Waals surface area contributed by atoms with Crippen molar-refractivity contribution in [2.45, 2.75) is 77.7 Å². The number of aliphatic imine (C=N–C) groups is 1. The van der Waals surface area contributed by atoms with Crippen molar-refractivity contribution in [3.63, 3.8) is 0 Å². The van der Waals surface area contributed by atoms with Crippen molar-refractivity contribution in [3.8, 4) is 0 Å². The maximum atomic E-state index is 9.70. The lowest BCUT2D eigenvalue weighted by Gasteiger charge is -2.27. The maximum absolute atomic E-state index is 9.70. The molecule has 4 heteroatoms. The standard InChI is InChI=1S/C31H38N2.C4H8O2/c1-3-24(2)28-18-10-12-25(22-28)13-11-21-32-29-19-20-30(33-23-29)31(26-14-6-4-7-15-26)27-16-8-5-9-17-27;1-3(2)4(5)6/h4-10,12,14-18,22,24,29,31-32H,3,11,13,19-21,23H2,1-2H3;3H,1-2H3,(H,5,6). The summed E-state index contributed by atoms with van der Waals surface area (Å²) in [6.45, 7) is 9.81. The Hall–Kier alpha value is -3.24. The summed E-state index contributed by atoms with van der Waals surface area (Å²) in [5.41, 5.74) is 6.95. The molecule has 0 aliphatic carbocycles. The lowest BCUT2D eigenvalue weighted by Crippen LogP contribution is -2.37. The van der Waals surface area contributed by atoms with Gasteiger partial charge in [0.15, 0.2) is 0 Å². The number of rotatable bonds is 11. The van der Waals surface area contributed by atoms with E-state index < -0.39 is 5.97 Å². The second-order valence-corrected chi connectivity index (χ2v) is 10.9. The lowest BCUT2D eigenvalue weighted by molar-refractivity contribution is -0.140. The monoisotopic (exact) mass is 526 g/mol. The van der Waals surface area contributed by atoms with Crippen molar-refractivity contribution < 1.29 is 9.90 Å². The van der Waals surface area contributed by atoms with Crippen LogP contribution in [0.1, 0.15) is 87.5 Å². The molecule has 2 unspecified atom stereocenters. The predicted molar refractivity (Wildman–Crippen MR) is 164 cm³/mol. The van der Waals surface area contributed by atoms with E-state index in [1.165, 1.54) is 47.2 Å². The topological polar surface area (TPSA) is 61.7 Å². The fourth-order valence-electron chi connectivity index (χ4n) is 4.88. The van der Waals surface area contributed by atoms with Crippen LogP contribution < -0.4 is 5.32 Å². The minimum Gasteiger partial charge on any atom is -0.481 e. The highest BCUT2D eigenvalue weighted by Gasteiger charge is 2.24. The predicted octanol–water partition coefficient (Wildman–Crippen LogP) is 7.88. The Morgan fingerprint density at radius 3 is 2.03 bits per heavy atom. The normalized spacial score (nSPS) is 15.8. The van der Waals surface area contributed by atoms with Crippen LogP contribution in [0.2, 0.25) is 0 Å². The summed E-state index contributed by atoms with van der Waals surface area (Å²) in [4.78, 5) is 14.8. The summed E-state index contributed by atoms with van der Waals surface area (Å²) in [6.07, 6.45) is 5.74. The van der Waals surface area contributed by atoms with Gasteiger partial charge in [0.25, 0.3) is 0 Å². The van der Waals surface area contributed by atoms with Crippen LogP contribution in [0.15, 0.2) is 89.9 Å². The fraction of sp³-hybridized carbons (Fsp3) is 0.429. The van der Waals surface area contributed by atoms with E-state index in [1.807, 2.05) is 0 Å².